The van der Waals surface area contributed by atoms with E-state index in [2.05, 4.69) is 10.0 Å². The number of amides is 1. The van der Waals surface area contributed by atoms with Crippen molar-refractivity contribution in [3.8, 4) is 0 Å². The average Bonchev–Trinajstić information content (AvgIpc) is 2.74. The summed E-state index contributed by atoms with van der Waals surface area (Å²) < 4.78 is 28.0. The number of nitrogens with one attached hydrogen (secondary N) is 2. The lowest BCUT2D eigenvalue weighted by Gasteiger charge is -2.15. The van der Waals surface area contributed by atoms with E-state index in [1.54, 1.807) is 49.4 Å². The normalized spacial score (nSPS) is 12.2. The molecule has 3 aromatic rings. The molecule has 0 radical (unpaired) electrons. The highest BCUT2D eigenvalue weighted by molar-refractivity contribution is 7.92. The van der Waals surface area contributed by atoms with Gasteiger partial charge >= 0.3 is 0 Å². The maximum Gasteiger partial charge on any atom is 0.261 e. The van der Waals surface area contributed by atoms with Crippen LogP contribution < -0.4 is 10.0 Å². The van der Waals surface area contributed by atoms with Gasteiger partial charge in [0.15, 0.2) is 0 Å². The van der Waals surface area contributed by atoms with Crippen molar-refractivity contribution in [2.24, 2.45) is 0 Å². The first kappa shape index (κ1) is 21.6. The third-order valence-electron chi connectivity index (χ3n) is 5.01. The first-order chi connectivity index (χ1) is 14.3. The van der Waals surface area contributed by atoms with Crippen molar-refractivity contribution in [3.63, 3.8) is 0 Å². The Bertz CT molecular complexity index is 1120. The highest BCUT2D eigenvalue weighted by Crippen LogP contribution is 2.22. The molecule has 5 nitrogen and oxygen atoms in total. The molecule has 0 aromatic heterocycles. The number of carbonyl (C=O) groups is 1. The van der Waals surface area contributed by atoms with Gasteiger partial charge in [-0.2, -0.15) is 0 Å². The summed E-state index contributed by atoms with van der Waals surface area (Å²) in [5.74, 6) is -0.0753. The molecule has 0 aliphatic rings. The van der Waals surface area contributed by atoms with Gasteiger partial charge in [0, 0.05) is 12.1 Å². The molecule has 0 heterocycles. The van der Waals surface area contributed by atoms with E-state index in [0.29, 0.717) is 17.8 Å². The molecule has 0 aliphatic heterocycles. The molecule has 3 rings (SSSR count). The quantitative estimate of drug-likeness (QED) is 0.583. The van der Waals surface area contributed by atoms with Gasteiger partial charge in [-0.1, -0.05) is 61.0 Å². The van der Waals surface area contributed by atoms with Crippen LogP contribution in [0.15, 0.2) is 77.7 Å². The molecule has 0 saturated heterocycles. The van der Waals surface area contributed by atoms with Gasteiger partial charge in [-0.05, 0) is 55.2 Å². The maximum absolute atomic E-state index is 12.7. The van der Waals surface area contributed by atoms with E-state index >= 15 is 0 Å². The Morgan fingerprint density at radius 2 is 1.60 bits per heavy atom. The van der Waals surface area contributed by atoms with Gasteiger partial charge in [0.05, 0.1) is 10.6 Å². The Kier molecular flexibility index (Phi) is 6.57. The number of carbonyl (C=O) groups excluding carboxylic acids is 1. The van der Waals surface area contributed by atoms with Gasteiger partial charge in [-0.25, -0.2) is 8.42 Å². The van der Waals surface area contributed by atoms with Gasteiger partial charge in [-0.15, -0.1) is 0 Å². The molecule has 3 aromatic carbocycles. The summed E-state index contributed by atoms with van der Waals surface area (Å²) in [5.41, 5.74) is 3.66. The minimum atomic E-state index is -3.74. The summed E-state index contributed by atoms with van der Waals surface area (Å²) in [5, 5.41) is 2.93. The molecule has 156 valence electrons. The largest absolute Gasteiger partial charge is 0.351 e. The zero-order valence-corrected chi connectivity index (χ0v) is 18.2. The summed E-state index contributed by atoms with van der Waals surface area (Å²) in [6.45, 7) is 6.23. The van der Waals surface area contributed by atoms with Gasteiger partial charge < -0.3 is 5.32 Å². The Labute approximate surface area is 178 Å². The van der Waals surface area contributed by atoms with Crippen LogP contribution in [-0.4, -0.2) is 20.9 Å². The molecule has 0 unspecified atom stereocenters. The van der Waals surface area contributed by atoms with Gasteiger partial charge in [0.25, 0.3) is 15.9 Å². The first-order valence-corrected chi connectivity index (χ1v) is 11.3. The summed E-state index contributed by atoms with van der Waals surface area (Å²) in [4.78, 5) is 12.8. The van der Waals surface area contributed by atoms with Crippen LogP contribution in [0.1, 0.15) is 39.9 Å². The van der Waals surface area contributed by atoms with Crippen LogP contribution in [0.3, 0.4) is 0 Å². The van der Waals surface area contributed by atoms with Crippen molar-refractivity contribution < 1.29 is 13.2 Å². The number of anilines is 1. The maximum atomic E-state index is 12.7. The first-order valence-electron chi connectivity index (χ1n) is 9.79. The molecule has 0 saturated carbocycles. The highest BCUT2D eigenvalue weighted by Gasteiger charge is 2.17. The van der Waals surface area contributed by atoms with E-state index in [1.165, 1.54) is 0 Å². The monoisotopic (exact) mass is 422 g/mol. The Balaban J connectivity index is 1.73. The van der Waals surface area contributed by atoms with E-state index < -0.39 is 10.0 Å². The zero-order chi connectivity index (χ0) is 21.7. The highest BCUT2D eigenvalue weighted by atomic mass is 32.2. The Hall–Kier alpha value is -3.12. The SMILES string of the molecule is Cc1ccc(S(=O)(=O)Nc2cc(C(=O)NC[C@@H](C)c3ccccc3)ccc2C)cc1. The molecule has 0 fully saturated rings. The van der Waals surface area contributed by atoms with E-state index in [-0.39, 0.29) is 16.7 Å². The summed E-state index contributed by atoms with van der Waals surface area (Å²) >= 11 is 0. The minimum Gasteiger partial charge on any atom is -0.351 e. The van der Waals surface area contributed by atoms with Gasteiger partial charge in [0.1, 0.15) is 0 Å². The third-order valence-corrected chi connectivity index (χ3v) is 6.39. The molecular formula is C24H26N2O3S. The summed E-state index contributed by atoms with van der Waals surface area (Å²) in [7, 11) is -3.74. The van der Waals surface area contributed by atoms with Crippen LogP contribution in [-0.2, 0) is 10.0 Å². The lowest BCUT2D eigenvalue weighted by molar-refractivity contribution is 0.0951. The van der Waals surface area contributed by atoms with Crippen LogP contribution in [0.2, 0.25) is 0 Å². The zero-order valence-electron chi connectivity index (χ0n) is 17.3. The topological polar surface area (TPSA) is 75.3 Å². The molecule has 1 atom stereocenters. The summed E-state index contributed by atoms with van der Waals surface area (Å²) in [6, 6.07) is 21.6. The fraction of sp³-hybridized carbons (Fsp3) is 0.208. The number of hydrogen-bond donors (Lipinski definition) is 2. The standard InChI is InChI=1S/C24H26N2O3S/c1-17-9-13-22(14-10-17)30(28,29)26-23-15-21(12-11-18(23)2)24(27)25-16-19(3)20-7-5-4-6-8-20/h4-15,19,26H,16H2,1-3H3,(H,25,27)/t19-/m1/s1. The number of benzene rings is 3. The van der Waals surface area contributed by atoms with Crippen LogP contribution >= 0.6 is 0 Å². The van der Waals surface area contributed by atoms with Gasteiger partial charge in [-0.3, -0.25) is 9.52 Å². The average molecular weight is 423 g/mol. The lowest BCUT2D eigenvalue weighted by atomic mass is 10.0. The number of aryl methyl sites for hydroxylation is 2. The van der Waals surface area contributed by atoms with Crippen LogP contribution in [0.4, 0.5) is 5.69 Å². The molecule has 2 N–H and O–H groups in total. The van der Waals surface area contributed by atoms with E-state index in [0.717, 1.165) is 16.7 Å². The van der Waals surface area contributed by atoms with Crippen LogP contribution in [0.25, 0.3) is 0 Å². The Morgan fingerprint density at radius 1 is 0.933 bits per heavy atom. The number of sulfonamides is 1. The van der Waals surface area contributed by atoms with Crippen LogP contribution in [0, 0.1) is 13.8 Å². The summed E-state index contributed by atoms with van der Waals surface area (Å²) in [6.07, 6.45) is 0. The molecular weight excluding hydrogens is 396 g/mol. The lowest BCUT2D eigenvalue weighted by Crippen LogP contribution is -2.27. The Morgan fingerprint density at radius 3 is 2.27 bits per heavy atom. The van der Waals surface area contributed by atoms with E-state index in [9.17, 15) is 13.2 Å². The molecule has 1 amide bonds. The van der Waals surface area contributed by atoms with Crippen molar-refractivity contribution in [1.82, 2.24) is 5.32 Å². The third kappa shape index (κ3) is 5.27. The van der Waals surface area contributed by atoms with Crippen molar-refractivity contribution in [2.75, 3.05) is 11.3 Å². The predicted molar refractivity (Wildman–Crippen MR) is 120 cm³/mol. The smallest absolute Gasteiger partial charge is 0.261 e. The van der Waals surface area contributed by atoms with Crippen molar-refractivity contribution in [2.45, 2.75) is 31.6 Å². The fourth-order valence-corrected chi connectivity index (χ4v) is 4.16. The number of hydrogen-bond acceptors (Lipinski definition) is 3. The second-order valence-corrected chi connectivity index (χ2v) is 9.15. The van der Waals surface area contributed by atoms with Crippen molar-refractivity contribution in [1.29, 1.82) is 0 Å². The van der Waals surface area contributed by atoms with Gasteiger partial charge in [0.2, 0.25) is 0 Å². The molecule has 0 bridgehead atoms. The van der Waals surface area contributed by atoms with Crippen LogP contribution in [0.5, 0.6) is 0 Å². The van der Waals surface area contributed by atoms with E-state index in [4.69, 9.17) is 0 Å². The second kappa shape index (κ2) is 9.13. The van der Waals surface area contributed by atoms with E-state index in [1.807, 2.05) is 44.2 Å². The fourth-order valence-electron chi connectivity index (χ4n) is 3.04. The van der Waals surface area contributed by atoms with Crippen molar-refractivity contribution >= 4 is 21.6 Å². The molecule has 6 heteroatoms. The second-order valence-electron chi connectivity index (χ2n) is 7.47. The van der Waals surface area contributed by atoms with Crippen molar-refractivity contribution in [3.05, 3.63) is 95.1 Å². The predicted octanol–water partition coefficient (Wildman–Crippen LogP) is 4.64. The minimum absolute atomic E-state index is 0.167. The number of rotatable bonds is 7. The molecule has 30 heavy (non-hydrogen) atoms. The molecule has 0 aliphatic carbocycles. The molecule has 0 spiro atoms.